The third-order valence-electron chi connectivity index (χ3n) is 4.26. The maximum absolute atomic E-state index is 12.6. The molecule has 0 bridgehead atoms. The van der Waals surface area contributed by atoms with Gasteiger partial charge in [0, 0.05) is 40.6 Å². The largest absolute Gasteiger partial charge is 0.376 e. The summed E-state index contributed by atoms with van der Waals surface area (Å²) in [7, 11) is 2.99. The average Bonchev–Trinajstić information content (AvgIpc) is 3.03. The van der Waals surface area contributed by atoms with Gasteiger partial charge in [-0.2, -0.15) is 0 Å². The highest BCUT2D eigenvalue weighted by molar-refractivity contribution is 7.89. The van der Waals surface area contributed by atoms with Gasteiger partial charge >= 0.3 is 0 Å². The SMILES string of the molecule is CN(C)c1ccc(S(=O)(=O)N(C)C)cc1NC(=O)Cc1cn2ccccc2n1. The van der Waals surface area contributed by atoms with E-state index in [2.05, 4.69) is 10.3 Å². The van der Waals surface area contributed by atoms with Crippen LogP contribution in [-0.2, 0) is 21.2 Å². The second-order valence-electron chi connectivity index (χ2n) is 6.78. The molecule has 0 spiro atoms. The molecular formula is C19H23N5O3S. The molecule has 2 aromatic heterocycles. The van der Waals surface area contributed by atoms with E-state index in [1.807, 2.05) is 47.8 Å². The molecule has 1 amide bonds. The number of benzene rings is 1. The van der Waals surface area contributed by atoms with Crippen molar-refractivity contribution in [2.75, 3.05) is 38.4 Å². The molecule has 0 radical (unpaired) electrons. The minimum absolute atomic E-state index is 0.0825. The van der Waals surface area contributed by atoms with Crippen molar-refractivity contribution in [1.29, 1.82) is 0 Å². The first kappa shape index (κ1) is 19.8. The number of aromatic nitrogens is 2. The van der Waals surface area contributed by atoms with Crippen LogP contribution in [-0.4, -0.2) is 56.2 Å². The molecule has 0 fully saturated rings. The van der Waals surface area contributed by atoms with Crippen LogP contribution < -0.4 is 10.2 Å². The van der Waals surface area contributed by atoms with E-state index in [9.17, 15) is 13.2 Å². The minimum atomic E-state index is -3.61. The van der Waals surface area contributed by atoms with Gasteiger partial charge in [-0.15, -0.1) is 0 Å². The van der Waals surface area contributed by atoms with E-state index in [-0.39, 0.29) is 17.2 Å². The van der Waals surface area contributed by atoms with E-state index in [1.165, 1.54) is 26.2 Å². The summed E-state index contributed by atoms with van der Waals surface area (Å²) in [5, 5.41) is 2.82. The van der Waals surface area contributed by atoms with Crippen molar-refractivity contribution in [2.45, 2.75) is 11.3 Å². The summed E-state index contributed by atoms with van der Waals surface area (Å²) in [6.07, 6.45) is 3.75. The van der Waals surface area contributed by atoms with Crippen LogP contribution in [0.2, 0.25) is 0 Å². The van der Waals surface area contributed by atoms with Crippen molar-refractivity contribution in [3.63, 3.8) is 0 Å². The van der Waals surface area contributed by atoms with Gasteiger partial charge in [0.25, 0.3) is 0 Å². The van der Waals surface area contributed by atoms with Crippen LogP contribution in [0.4, 0.5) is 11.4 Å². The number of nitrogens with zero attached hydrogens (tertiary/aromatic N) is 4. The fourth-order valence-corrected chi connectivity index (χ4v) is 3.74. The number of imidazole rings is 1. The van der Waals surface area contributed by atoms with E-state index >= 15 is 0 Å². The molecule has 9 heteroatoms. The second-order valence-corrected chi connectivity index (χ2v) is 8.94. The Morgan fingerprint density at radius 2 is 1.89 bits per heavy atom. The Kier molecular flexibility index (Phi) is 5.39. The van der Waals surface area contributed by atoms with Gasteiger partial charge in [0.05, 0.1) is 28.4 Å². The summed E-state index contributed by atoms with van der Waals surface area (Å²) < 4.78 is 27.8. The van der Waals surface area contributed by atoms with Crippen LogP contribution in [0.5, 0.6) is 0 Å². The predicted octanol–water partition coefficient (Wildman–Crippen LogP) is 1.83. The van der Waals surface area contributed by atoms with Crippen molar-refractivity contribution in [3.8, 4) is 0 Å². The van der Waals surface area contributed by atoms with Gasteiger partial charge in [0.15, 0.2) is 0 Å². The van der Waals surface area contributed by atoms with Gasteiger partial charge in [-0.3, -0.25) is 4.79 Å². The Hall–Kier alpha value is -2.91. The zero-order chi connectivity index (χ0) is 20.5. The topological polar surface area (TPSA) is 87.0 Å². The number of anilines is 2. The number of hydrogen-bond donors (Lipinski definition) is 1. The molecule has 0 saturated heterocycles. The normalized spacial score (nSPS) is 11.8. The summed E-state index contributed by atoms with van der Waals surface area (Å²) >= 11 is 0. The van der Waals surface area contributed by atoms with Crippen molar-refractivity contribution in [1.82, 2.24) is 13.7 Å². The molecule has 0 aliphatic heterocycles. The summed E-state index contributed by atoms with van der Waals surface area (Å²) in [6.45, 7) is 0. The van der Waals surface area contributed by atoms with Crippen LogP contribution in [0.3, 0.4) is 0 Å². The lowest BCUT2D eigenvalue weighted by Gasteiger charge is -2.20. The van der Waals surface area contributed by atoms with E-state index in [1.54, 1.807) is 12.3 Å². The number of carbonyl (C=O) groups excluding carboxylic acids is 1. The minimum Gasteiger partial charge on any atom is -0.376 e. The van der Waals surface area contributed by atoms with Gasteiger partial charge in [-0.1, -0.05) is 6.07 Å². The number of fused-ring (bicyclic) bond motifs is 1. The van der Waals surface area contributed by atoms with Crippen LogP contribution in [0.25, 0.3) is 5.65 Å². The van der Waals surface area contributed by atoms with E-state index in [0.717, 1.165) is 9.95 Å². The number of pyridine rings is 1. The molecule has 1 aromatic carbocycles. The number of rotatable bonds is 6. The van der Waals surface area contributed by atoms with Gasteiger partial charge in [0.2, 0.25) is 15.9 Å². The number of hydrogen-bond acceptors (Lipinski definition) is 5. The standard InChI is InChI=1S/C19H23N5O3S/c1-22(2)17-9-8-15(28(26,27)23(3)4)12-16(17)21-19(25)11-14-13-24-10-6-5-7-18(24)20-14/h5-10,12-13H,11H2,1-4H3,(H,21,25). The molecule has 0 aliphatic carbocycles. The fourth-order valence-electron chi connectivity index (χ4n) is 2.81. The van der Waals surface area contributed by atoms with Crippen molar-refractivity contribution in [3.05, 3.63) is 54.5 Å². The smallest absolute Gasteiger partial charge is 0.242 e. The Balaban J connectivity index is 1.87. The molecule has 0 aliphatic rings. The molecular weight excluding hydrogens is 378 g/mol. The molecule has 0 atom stereocenters. The number of nitrogens with one attached hydrogen (secondary N) is 1. The highest BCUT2D eigenvalue weighted by atomic mass is 32.2. The first-order valence-electron chi connectivity index (χ1n) is 8.65. The molecule has 1 N–H and O–H groups in total. The molecule has 3 rings (SSSR count). The molecule has 148 valence electrons. The lowest BCUT2D eigenvalue weighted by molar-refractivity contribution is -0.115. The van der Waals surface area contributed by atoms with Crippen LogP contribution in [0.15, 0.2) is 53.7 Å². The zero-order valence-electron chi connectivity index (χ0n) is 16.2. The first-order chi connectivity index (χ1) is 13.2. The second kappa shape index (κ2) is 7.61. The van der Waals surface area contributed by atoms with Crippen LogP contribution in [0.1, 0.15) is 5.69 Å². The summed E-state index contributed by atoms with van der Waals surface area (Å²) in [5.41, 5.74) is 2.54. The highest BCUT2D eigenvalue weighted by Gasteiger charge is 2.20. The molecule has 0 saturated carbocycles. The quantitative estimate of drug-likeness (QED) is 0.681. The molecule has 0 unspecified atom stereocenters. The van der Waals surface area contributed by atoms with Gasteiger partial charge in [0.1, 0.15) is 5.65 Å². The third kappa shape index (κ3) is 4.00. The van der Waals surface area contributed by atoms with Crippen molar-refractivity contribution in [2.24, 2.45) is 0 Å². The van der Waals surface area contributed by atoms with Crippen molar-refractivity contribution >= 4 is 33.0 Å². The molecule has 28 heavy (non-hydrogen) atoms. The number of carbonyl (C=O) groups is 1. The number of sulfonamides is 1. The molecule has 8 nitrogen and oxygen atoms in total. The Morgan fingerprint density at radius 1 is 1.14 bits per heavy atom. The molecule has 2 heterocycles. The summed E-state index contributed by atoms with van der Waals surface area (Å²) in [5.74, 6) is -0.272. The van der Waals surface area contributed by atoms with Crippen LogP contribution in [0, 0.1) is 0 Å². The fraction of sp³-hybridized carbons (Fsp3) is 0.263. The number of amides is 1. The van der Waals surface area contributed by atoms with Gasteiger partial charge < -0.3 is 14.6 Å². The third-order valence-corrected chi connectivity index (χ3v) is 6.07. The average molecular weight is 401 g/mol. The molecule has 3 aromatic rings. The van der Waals surface area contributed by atoms with Gasteiger partial charge in [-0.25, -0.2) is 17.7 Å². The maximum atomic E-state index is 12.6. The summed E-state index contributed by atoms with van der Waals surface area (Å²) in [4.78, 5) is 18.9. The Morgan fingerprint density at radius 3 is 2.54 bits per heavy atom. The predicted molar refractivity (Wildman–Crippen MR) is 109 cm³/mol. The lowest BCUT2D eigenvalue weighted by atomic mass is 10.2. The summed E-state index contributed by atoms with van der Waals surface area (Å²) in [6, 6.07) is 10.3. The first-order valence-corrected chi connectivity index (χ1v) is 10.1. The lowest BCUT2D eigenvalue weighted by Crippen LogP contribution is -2.23. The van der Waals surface area contributed by atoms with E-state index < -0.39 is 10.0 Å². The Bertz CT molecular complexity index is 1090. The maximum Gasteiger partial charge on any atom is 0.242 e. The van der Waals surface area contributed by atoms with Crippen LogP contribution >= 0.6 is 0 Å². The van der Waals surface area contributed by atoms with E-state index in [0.29, 0.717) is 17.1 Å². The Labute approximate surface area is 164 Å². The van der Waals surface area contributed by atoms with E-state index in [4.69, 9.17) is 0 Å². The monoisotopic (exact) mass is 401 g/mol. The van der Waals surface area contributed by atoms with Crippen molar-refractivity contribution < 1.29 is 13.2 Å². The highest BCUT2D eigenvalue weighted by Crippen LogP contribution is 2.28. The zero-order valence-corrected chi connectivity index (χ0v) is 17.1. The van der Waals surface area contributed by atoms with Gasteiger partial charge in [-0.05, 0) is 30.3 Å².